The summed E-state index contributed by atoms with van der Waals surface area (Å²) in [6, 6.07) is 10.4. The van der Waals surface area contributed by atoms with E-state index in [9.17, 15) is 18.3 Å². The molecule has 152 valence electrons. The predicted molar refractivity (Wildman–Crippen MR) is 108 cm³/mol. The molecule has 0 fully saturated rings. The minimum atomic E-state index is -4.12. The third kappa shape index (κ3) is 4.34. The van der Waals surface area contributed by atoms with Crippen LogP contribution in [-0.2, 0) is 14.8 Å². The second-order valence-corrected chi connectivity index (χ2v) is 8.42. The van der Waals surface area contributed by atoms with Gasteiger partial charge in [-0.15, -0.1) is 0 Å². The summed E-state index contributed by atoms with van der Waals surface area (Å²) in [6.45, 7) is 3.10. The number of nitrogen functional groups attached to an aromatic ring is 1. The molecule has 0 spiro atoms. The number of benzene rings is 2. The summed E-state index contributed by atoms with van der Waals surface area (Å²) in [5.74, 6) is 0.0322. The van der Waals surface area contributed by atoms with Crippen LogP contribution < -0.4 is 16.2 Å². The number of sulfonamides is 1. The summed E-state index contributed by atoms with van der Waals surface area (Å²) in [5, 5.41) is 10.1. The second kappa shape index (κ2) is 7.74. The van der Waals surface area contributed by atoms with Crippen molar-refractivity contribution in [3.8, 4) is 11.1 Å². The highest BCUT2D eigenvalue weighted by Gasteiger charge is 2.28. The van der Waals surface area contributed by atoms with Crippen LogP contribution in [0.25, 0.3) is 22.0 Å². The first-order chi connectivity index (χ1) is 13.6. The number of fused-ring (bicyclic) bond motifs is 1. The second-order valence-electron chi connectivity index (χ2n) is 6.73. The SMILES string of the molecule is Cc1nc(N)c2ccc(-c3cccc(S(=O)(=O)NC(=O)[C@@H]([NH3+])[C@@H](C)O)c3)cc2n1. The molecule has 0 aliphatic rings. The number of nitrogens with one attached hydrogen (secondary N) is 1. The highest BCUT2D eigenvalue weighted by Crippen LogP contribution is 2.27. The molecule has 0 saturated heterocycles. The summed E-state index contributed by atoms with van der Waals surface area (Å²) in [4.78, 5) is 20.4. The number of hydrogen-bond acceptors (Lipinski definition) is 7. The lowest BCUT2D eigenvalue weighted by Gasteiger charge is -2.13. The van der Waals surface area contributed by atoms with Gasteiger partial charge in [-0.1, -0.05) is 18.2 Å². The number of hydrogen-bond donors (Lipinski definition) is 4. The number of nitrogens with zero attached hydrogens (tertiary/aromatic N) is 2. The third-order valence-electron chi connectivity index (χ3n) is 4.47. The molecule has 2 atom stereocenters. The normalized spacial score (nSPS) is 13.8. The van der Waals surface area contributed by atoms with Gasteiger partial charge in [0.1, 0.15) is 17.7 Å². The van der Waals surface area contributed by atoms with E-state index in [4.69, 9.17) is 5.73 Å². The standard InChI is InChI=1S/C19H21N5O4S/c1-10(25)17(20)19(26)24-29(27,28)14-5-3-4-12(8-14)13-6-7-15-16(9-13)22-11(2)23-18(15)21/h3-10,17,25H,20H2,1-2H3,(H,24,26)(H2,21,22,23)/p+1/t10-,17+/m1/s1. The van der Waals surface area contributed by atoms with Gasteiger partial charge in [0.25, 0.3) is 15.9 Å². The lowest BCUT2D eigenvalue weighted by Crippen LogP contribution is -2.72. The van der Waals surface area contributed by atoms with Gasteiger partial charge >= 0.3 is 0 Å². The van der Waals surface area contributed by atoms with Crippen LogP contribution in [0, 0.1) is 6.92 Å². The summed E-state index contributed by atoms with van der Waals surface area (Å²) in [5.41, 5.74) is 11.4. The molecule has 29 heavy (non-hydrogen) atoms. The van der Waals surface area contributed by atoms with E-state index >= 15 is 0 Å². The van der Waals surface area contributed by atoms with Crippen LogP contribution >= 0.6 is 0 Å². The molecular weight excluding hydrogens is 394 g/mol. The highest BCUT2D eigenvalue weighted by atomic mass is 32.2. The molecule has 0 saturated carbocycles. The Morgan fingerprint density at radius 2 is 1.86 bits per heavy atom. The third-order valence-corrected chi connectivity index (χ3v) is 5.81. The zero-order valence-electron chi connectivity index (χ0n) is 16.0. The number of anilines is 1. The minimum Gasteiger partial charge on any atom is -0.387 e. The Balaban J connectivity index is 1.97. The Kier molecular flexibility index (Phi) is 5.51. The molecule has 0 radical (unpaired) electrons. The van der Waals surface area contributed by atoms with Crippen LogP contribution in [0.3, 0.4) is 0 Å². The maximum atomic E-state index is 12.6. The molecule has 3 rings (SSSR count). The Labute approximate surface area is 167 Å². The van der Waals surface area contributed by atoms with Gasteiger partial charge < -0.3 is 16.6 Å². The van der Waals surface area contributed by atoms with E-state index in [1.807, 2.05) is 4.72 Å². The summed E-state index contributed by atoms with van der Waals surface area (Å²) in [6.07, 6.45) is -1.08. The van der Waals surface area contributed by atoms with Gasteiger partial charge in [0.2, 0.25) is 0 Å². The fourth-order valence-corrected chi connectivity index (χ4v) is 3.86. The lowest BCUT2D eigenvalue weighted by molar-refractivity contribution is -0.419. The molecule has 0 aliphatic carbocycles. The first-order valence-corrected chi connectivity index (χ1v) is 10.3. The summed E-state index contributed by atoms with van der Waals surface area (Å²) >= 11 is 0. The number of quaternary nitrogens is 1. The van der Waals surface area contributed by atoms with E-state index in [0.717, 1.165) is 5.56 Å². The van der Waals surface area contributed by atoms with Crippen molar-refractivity contribution in [1.29, 1.82) is 0 Å². The van der Waals surface area contributed by atoms with Crippen molar-refractivity contribution in [2.24, 2.45) is 0 Å². The molecule has 1 amide bonds. The molecule has 0 bridgehead atoms. The maximum absolute atomic E-state index is 12.6. The quantitative estimate of drug-likeness (QED) is 0.454. The monoisotopic (exact) mass is 416 g/mol. The van der Waals surface area contributed by atoms with Crippen LogP contribution in [0.5, 0.6) is 0 Å². The van der Waals surface area contributed by atoms with E-state index in [2.05, 4.69) is 15.7 Å². The number of aromatic nitrogens is 2. The average Bonchev–Trinajstić information content (AvgIpc) is 2.66. The zero-order valence-corrected chi connectivity index (χ0v) is 16.8. The number of aliphatic hydroxyl groups excluding tert-OH is 1. The Morgan fingerprint density at radius 3 is 2.55 bits per heavy atom. The van der Waals surface area contributed by atoms with Crippen molar-refractivity contribution in [2.45, 2.75) is 30.9 Å². The van der Waals surface area contributed by atoms with Crippen molar-refractivity contribution in [1.82, 2.24) is 14.7 Å². The molecule has 1 heterocycles. The molecule has 9 nitrogen and oxygen atoms in total. The highest BCUT2D eigenvalue weighted by molar-refractivity contribution is 7.90. The van der Waals surface area contributed by atoms with Crippen LogP contribution in [0.15, 0.2) is 47.4 Å². The molecule has 3 aromatic rings. The van der Waals surface area contributed by atoms with Gasteiger partial charge in [0, 0.05) is 5.39 Å². The summed E-state index contributed by atoms with van der Waals surface area (Å²) in [7, 11) is -4.12. The van der Waals surface area contributed by atoms with E-state index < -0.39 is 28.1 Å². The number of aliphatic hydroxyl groups is 1. The number of nitrogens with two attached hydrogens (primary N) is 1. The number of rotatable bonds is 5. The molecule has 0 unspecified atom stereocenters. The first kappa shape index (κ1) is 20.6. The zero-order chi connectivity index (χ0) is 21.3. The summed E-state index contributed by atoms with van der Waals surface area (Å²) < 4.78 is 27.1. The van der Waals surface area contributed by atoms with Crippen molar-refractivity contribution in [3.05, 3.63) is 48.3 Å². The van der Waals surface area contributed by atoms with Gasteiger partial charge in [-0.05, 0) is 49.2 Å². The fourth-order valence-electron chi connectivity index (χ4n) is 2.78. The Morgan fingerprint density at radius 1 is 1.17 bits per heavy atom. The van der Waals surface area contributed by atoms with Crippen LogP contribution in [0.2, 0.25) is 0 Å². The van der Waals surface area contributed by atoms with Gasteiger partial charge in [0.05, 0.1) is 10.4 Å². The predicted octanol–water partition coefficient (Wildman–Crippen LogP) is -0.0164. The Hall–Kier alpha value is -3.08. The van der Waals surface area contributed by atoms with E-state index in [0.29, 0.717) is 28.1 Å². The maximum Gasteiger partial charge on any atom is 0.294 e. The number of carbonyl (C=O) groups is 1. The minimum absolute atomic E-state index is 0.0837. The van der Waals surface area contributed by atoms with Gasteiger partial charge in [-0.3, -0.25) is 4.79 Å². The Bertz CT molecular complexity index is 1190. The van der Waals surface area contributed by atoms with Crippen LogP contribution in [0.1, 0.15) is 12.7 Å². The molecular formula is C19H22N5O4S+. The van der Waals surface area contributed by atoms with Crippen molar-refractivity contribution < 1.29 is 24.1 Å². The lowest BCUT2D eigenvalue weighted by atomic mass is 10.0. The van der Waals surface area contributed by atoms with E-state index in [-0.39, 0.29) is 4.90 Å². The molecule has 2 aromatic carbocycles. The van der Waals surface area contributed by atoms with E-state index in [1.165, 1.54) is 19.1 Å². The largest absolute Gasteiger partial charge is 0.387 e. The molecule has 10 heteroatoms. The van der Waals surface area contributed by atoms with Crippen molar-refractivity contribution >= 4 is 32.7 Å². The van der Waals surface area contributed by atoms with Gasteiger partial charge in [-0.25, -0.2) is 23.1 Å². The van der Waals surface area contributed by atoms with Crippen molar-refractivity contribution in [2.75, 3.05) is 5.73 Å². The van der Waals surface area contributed by atoms with Crippen LogP contribution in [-0.4, -0.2) is 41.5 Å². The topological polar surface area (TPSA) is 163 Å². The fraction of sp³-hybridized carbons (Fsp3) is 0.211. The van der Waals surface area contributed by atoms with Crippen molar-refractivity contribution in [3.63, 3.8) is 0 Å². The smallest absolute Gasteiger partial charge is 0.294 e. The van der Waals surface area contributed by atoms with E-state index in [1.54, 1.807) is 37.3 Å². The molecule has 7 N–H and O–H groups in total. The number of amides is 1. The number of aryl methyl sites for hydroxylation is 1. The molecule has 0 aliphatic heterocycles. The van der Waals surface area contributed by atoms with Gasteiger partial charge in [0.15, 0.2) is 6.04 Å². The van der Waals surface area contributed by atoms with Crippen LogP contribution in [0.4, 0.5) is 5.82 Å². The molecule has 1 aromatic heterocycles. The average molecular weight is 416 g/mol. The van der Waals surface area contributed by atoms with Gasteiger partial charge in [-0.2, -0.15) is 0 Å². The first-order valence-electron chi connectivity index (χ1n) is 8.80. The number of carbonyl (C=O) groups excluding carboxylic acids is 1.